The second-order valence-electron chi connectivity index (χ2n) is 13.0. The molecule has 0 spiro atoms. The minimum atomic E-state index is -0.262. The molecule has 5 rings (SSSR count). The third-order valence-corrected chi connectivity index (χ3v) is 11.6. The summed E-state index contributed by atoms with van der Waals surface area (Å²) in [6.07, 6.45) is 9.31. The van der Waals surface area contributed by atoms with Crippen LogP contribution in [0.25, 0.3) is 0 Å². The molecule has 0 bridgehead atoms. The molecule has 0 unspecified atom stereocenters. The average molecular weight is 509 g/mol. The van der Waals surface area contributed by atoms with Gasteiger partial charge in [-0.1, -0.05) is 39.0 Å². The lowest BCUT2D eigenvalue weighted by Crippen LogP contribution is -2.57. The first kappa shape index (κ1) is 26.4. The standard InChI is InChI=1S/C32H44O5/c1-20(10-15-29(34)36-4)25-13-14-26-24-12-11-22-18-23(37-30(35)21-8-6-5-7-9-21)16-17-31(22,2)27(24)19-28(33)32(25,26)3/h5-9,20,22-27H,10-19H2,1-4H3/t20-,22+,23+,24+,25-,26+,27+,31-,32+/m0/s1. The maximum absolute atomic E-state index is 14.0. The van der Waals surface area contributed by atoms with Gasteiger partial charge < -0.3 is 9.47 Å². The lowest BCUT2D eigenvalue weighted by molar-refractivity contribution is -0.160. The van der Waals surface area contributed by atoms with E-state index >= 15 is 0 Å². The fraction of sp³-hybridized carbons (Fsp3) is 0.719. The highest BCUT2D eigenvalue weighted by Crippen LogP contribution is 2.67. The largest absolute Gasteiger partial charge is 0.469 e. The number of carbonyl (C=O) groups is 3. The second kappa shape index (κ2) is 10.2. The molecule has 37 heavy (non-hydrogen) atoms. The van der Waals surface area contributed by atoms with Crippen molar-refractivity contribution in [1.29, 1.82) is 0 Å². The Balaban J connectivity index is 1.27. The number of ketones is 1. The molecule has 1 aromatic rings. The summed E-state index contributed by atoms with van der Waals surface area (Å²) in [6.45, 7) is 6.93. The molecule has 4 fully saturated rings. The summed E-state index contributed by atoms with van der Waals surface area (Å²) in [5.41, 5.74) is 0.500. The van der Waals surface area contributed by atoms with E-state index in [-0.39, 0.29) is 28.9 Å². The Labute approximate surface area is 222 Å². The molecule has 0 N–H and O–H groups in total. The zero-order valence-electron chi connectivity index (χ0n) is 23.0. The van der Waals surface area contributed by atoms with Gasteiger partial charge in [0, 0.05) is 18.3 Å². The fourth-order valence-electron chi connectivity index (χ4n) is 9.42. The van der Waals surface area contributed by atoms with E-state index < -0.39 is 0 Å². The van der Waals surface area contributed by atoms with Crippen LogP contribution >= 0.6 is 0 Å². The van der Waals surface area contributed by atoms with Gasteiger partial charge in [-0.2, -0.15) is 0 Å². The van der Waals surface area contributed by atoms with Gasteiger partial charge in [-0.25, -0.2) is 4.79 Å². The van der Waals surface area contributed by atoms with Gasteiger partial charge in [-0.05, 0) is 104 Å². The van der Waals surface area contributed by atoms with Gasteiger partial charge >= 0.3 is 11.9 Å². The first-order valence-electron chi connectivity index (χ1n) is 14.5. The van der Waals surface area contributed by atoms with Crippen LogP contribution < -0.4 is 0 Å². The maximum atomic E-state index is 14.0. The predicted octanol–water partition coefficient (Wildman–Crippen LogP) is 6.64. The lowest BCUT2D eigenvalue weighted by Gasteiger charge is -2.60. The number of Topliss-reactive ketones (excluding diaryl/α,β-unsaturated/α-hetero) is 1. The van der Waals surface area contributed by atoms with Gasteiger partial charge in [0.1, 0.15) is 11.9 Å². The van der Waals surface area contributed by atoms with Crippen molar-refractivity contribution in [2.24, 2.45) is 46.3 Å². The molecule has 5 nitrogen and oxygen atoms in total. The Morgan fingerprint density at radius 2 is 1.78 bits per heavy atom. The molecule has 5 heteroatoms. The summed E-state index contributed by atoms with van der Waals surface area (Å²) in [4.78, 5) is 38.4. The zero-order valence-corrected chi connectivity index (χ0v) is 23.0. The first-order chi connectivity index (χ1) is 17.7. The Bertz CT molecular complexity index is 1020. The van der Waals surface area contributed by atoms with Crippen molar-refractivity contribution in [3.8, 4) is 0 Å². The van der Waals surface area contributed by atoms with E-state index in [2.05, 4.69) is 20.8 Å². The molecule has 4 aliphatic carbocycles. The molecule has 9 atom stereocenters. The van der Waals surface area contributed by atoms with Crippen LogP contribution in [0.1, 0.15) is 95.3 Å². The summed E-state index contributed by atoms with van der Waals surface area (Å²) in [5.74, 6) is 2.79. The van der Waals surface area contributed by atoms with Crippen LogP contribution in [0.2, 0.25) is 0 Å². The normalized spacial score (nSPS) is 39.6. The maximum Gasteiger partial charge on any atom is 0.338 e. The molecule has 0 radical (unpaired) electrons. The van der Waals surface area contributed by atoms with E-state index in [1.807, 2.05) is 30.3 Å². The molecular formula is C32H44O5. The van der Waals surface area contributed by atoms with Crippen LogP contribution in [-0.2, 0) is 19.1 Å². The SMILES string of the molecule is COC(=O)CC[C@H](C)[C@@H]1CC[C@@H]2[C@H]3CC[C@@H]4C[C@H](OC(=O)c5ccccc5)CC[C@]4(C)[C@@H]3CC(=O)[C@@]21C. The van der Waals surface area contributed by atoms with Crippen LogP contribution in [0, 0.1) is 46.3 Å². The van der Waals surface area contributed by atoms with E-state index in [4.69, 9.17) is 9.47 Å². The number of carbonyl (C=O) groups excluding carboxylic acids is 3. The minimum Gasteiger partial charge on any atom is -0.469 e. The molecule has 0 heterocycles. The van der Waals surface area contributed by atoms with Crippen LogP contribution in [0.4, 0.5) is 0 Å². The van der Waals surface area contributed by atoms with E-state index in [9.17, 15) is 14.4 Å². The van der Waals surface area contributed by atoms with Crippen LogP contribution in [0.15, 0.2) is 30.3 Å². The smallest absolute Gasteiger partial charge is 0.338 e. The fourth-order valence-corrected chi connectivity index (χ4v) is 9.42. The summed E-state index contributed by atoms with van der Waals surface area (Å²) < 4.78 is 10.8. The first-order valence-corrected chi connectivity index (χ1v) is 14.5. The van der Waals surface area contributed by atoms with E-state index in [0.29, 0.717) is 59.7 Å². The van der Waals surface area contributed by atoms with E-state index in [1.165, 1.54) is 20.0 Å². The Hall–Kier alpha value is -2.17. The molecule has 0 saturated heterocycles. The summed E-state index contributed by atoms with van der Waals surface area (Å²) in [6, 6.07) is 9.29. The molecule has 0 aromatic heterocycles. The van der Waals surface area contributed by atoms with Gasteiger partial charge in [-0.15, -0.1) is 0 Å². The zero-order chi connectivity index (χ0) is 26.4. The highest BCUT2D eigenvalue weighted by atomic mass is 16.5. The number of methoxy groups -OCH3 is 1. The van der Waals surface area contributed by atoms with Crippen LogP contribution in [0.5, 0.6) is 0 Å². The minimum absolute atomic E-state index is 0.0292. The second-order valence-corrected chi connectivity index (χ2v) is 13.0. The number of fused-ring (bicyclic) bond motifs is 5. The third kappa shape index (κ3) is 4.55. The molecule has 4 aliphatic rings. The highest BCUT2D eigenvalue weighted by molar-refractivity contribution is 5.89. The van der Waals surface area contributed by atoms with Crippen LogP contribution in [-0.4, -0.2) is 30.9 Å². The van der Waals surface area contributed by atoms with Crippen molar-refractivity contribution < 1.29 is 23.9 Å². The Morgan fingerprint density at radius 1 is 1.03 bits per heavy atom. The monoisotopic (exact) mass is 508 g/mol. The molecular weight excluding hydrogens is 464 g/mol. The van der Waals surface area contributed by atoms with Gasteiger partial charge in [0.2, 0.25) is 0 Å². The molecule has 1 aromatic carbocycles. The lowest BCUT2D eigenvalue weighted by atomic mass is 9.44. The molecule has 202 valence electrons. The predicted molar refractivity (Wildman–Crippen MR) is 142 cm³/mol. The van der Waals surface area contributed by atoms with Gasteiger partial charge in [0.15, 0.2) is 0 Å². The molecule has 0 aliphatic heterocycles. The van der Waals surface area contributed by atoms with Gasteiger partial charge in [0.25, 0.3) is 0 Å². The quantitative estimate of drug-likeness (QED) is 0.403. The van der Waals surface area contributed by atoms with Crippen molar-refractivity contribution >= 4 is 17.7 Å². The van der Waals surface area contributed by atoms with Crippen molar-refractivity contribution in [2.45, 2.75) is 91.1 Å². The van der Waals surface area contributed by atoms with Gasteiger partial charge in [-0.3, -0.25) is 9.59 Å². The molecule has 4 saturated carbocycles. The number of ether oxygens (including phenoxy) is 2. The summed E-state index contributed by atoms with van der Waals surface area (Å²) >= 11 is 0. The Kier molecular flexibility index (Phi) is 7.28. The topological polar surface area (TPSA) is 69.7 Å². The van der Waals surface area contributed by atoms with Crippen LogP contribution in [0.3, 0.4) is 0 Å². The Morgan fingerprint density at radius 3 is 2.51 bits per heavy atom. The van der Waals surface area contributed by atoms with Gasteiger partial charge in [0.05, 0.1) is 12.7 Å². The number of hydrogen-bond donors (Lipinski definition) is 0. The van der Waals surface area contributed by atoms with E-state index in [0.717, 1.165) is 38.5 Å². The van der Waals surface area contributed by atoms with Crippen molar-refractivity contribution in [3.63, 3.8) is 0 Å². The molecule has 0 amide bonds. The van der Waals surface area contributed by atoms with Crippen molar-refractivity contribution in [1.82, 2.24) is 0 Å². The number of esters is 2. The summed E-state index contributed by atoms with van der Waals surface area (Å²) in [5, 5.41) is 0. The third-order valence-electron chi connectivity index (χ3n) is 11.6. The van der Waals surface area contributed by atoms with Crippen molar-refractivity contribution in [3.05, 3.63) is 35.9 Å². The van der Waals surface area contributed by atoms with E-state index in [1.54, 1.807) is 0 Å². The van der Waals surface area contributed by atoms with Crippen molar-refractivity contribution in [2.75, 3.05) is 7.11 Å². The number of rotatable bonds is 6. The summed E-state index contributed by atoms with van der Waals surface area (Å²) in [7, 11) is 1.45. The average Bonchev–Trinajstić information content (AvgIpc) is 3.27. The highest BCUT2D eigenvalue weighted by Gasteiger charge is 2.64. The number of benzene rings is 1. The number of hydrogen-bond acceptors (Lipinski definition) is 5.